The second-order valence-electron chi connectivity index (χ2n) is 12.8. The Kier molecular flexibility index (Phi) is 16.1. The van der Waals surface area contributed by atoms with Crippen molar-refractivity contribution in [2.45, 2.75) is 76.8 Å². The molecule has 2 aromatic carbocycles. The first-order valence-corrected chi connectivity index (χ1v) is 16.9. The minimum atomic E-state index is -2.04. The highest BCUT2D eigenvalue weighted by Gasteiger charge is 2.41. The lowest BCUT2D eigenvalue weighted by atomic mass is 9.87. The molecule has 0 heterocycles. The average molecular weight is 797 g/mol. The molecule has 0 aliphatic heterocycles. The maximum absolute atomic E-state index is 13.1. The van der Waals surface area contributed by atoms with Gasteiger partial charge in [-0.25, -0.2) is 0 Å². The summed E-state index contributed by atoms with van der Waals surface area (Å²) in [7, 11) is 0. The van der Waals surface area contributed by atoms with Gasteiger partial charge in [-0.05, 0) is 56.2 Å². The Labute approximate surface area is 297 Å². The van der Waals surface area contributed by atoms with E-state index in [1.54, 1.807) is 48.5 Å². The Morgan fingerprint density at radius 1 is 0.625 bits per heavy atom. The zero-order valence-corrected chi connectivity index (χ0v) is 30.9. The second-order valence-corrected chi connectivity index (χ2v) is 13.8. The van der Waals surface area contributed by atoms with Gasteiger partial charge >= 0.3 is 0 Å². The first-order chi connectivity index (χ1) is 22.5. The van der Waals surface area contributed by atoms with Gasteiger partial charge in [-0.15, -0.1) is 0 Å². The van der Waals surface area contributed by atoms with Crippen molar-refractivity contribution in [2.75, 3.05) is 13.2 Å². The first kappa shape index (κ1) is 40.8. The summed E-state index contributed by atoms with van der Waals surface area (Å²) < 4.78 is 11.0. The Hall–Kier alpha value is -3.40. The third-order valence-corrected chi connectivity index (χ3v) is 7.78. The number of benzene rings is 2. The zero-order valence-electron chi connectivity index (χ0n) is 27.8. The van der Waals surface area contributed by atoms with Crippen molar-refractivity contribution in [2.24, 2.45) is 0 Å². The van der Waals surface area contributed by atoms with Gasteiger partial charge in [0.2, 0.25) is 0 Å². The summed E-state index contributed by atoms with van der Waals surface area (Å²) in [5.41, 5.74) is 11.2. The summed E-state index contributed by atoms with van der Waals surface area (Å²) >= 11 is 6.17. The third kappa shape index (κ3) is 12.6. The lowest BCUT2D eigenvalue weighted by Crippen LogP contribution is -2.59. The molecule has 0 aliphatic carbocycles. The Morgan fingerprint density at radius 3 is 1.21 bits per heavy atom. The maximum atomic E-state index is 13.1. The lowest BCUT2D eigenvalue weighted by Gasteiger charge is -2.30. The number of aliphatic hydroxyl groups excluding tert-OH is 2. The van der Waals surface area contributed by atoms with Gasteiger partial charge in [-0.3, -0.25) is 40.9 Å². The van der Waals surface area contributed by atoms with Gasteiger partial charge in [-0.2, -0.15) is 0 Å². The van der Waals surface area contributed by atoms with Gasteiger partial charge in [-0.1, -0.05) is 110 Å². The van der Waals surface area contributed by atoms with Gasteiger partial charge in [0, 0.05) is 11.1 Å². The van der Waals surface area contributed by atoms with Crippen LogP contribution in [0.4, 0.5) is 0 Å². The molecule has 14 heteroatoms. The number of rotatable bonds is 13. The van der Waals surface area contributed by atoms with Crippen molar-refractivity contribution in [1.29, 1.82) is 0 Å². The Bertz CT molecular complexity index is 1330. The monoisotopic (exact) mass is 794 g/mol. The normalized spacial score (nSPS) is 14.6. The highest BCUT2D eigenvalue weighted by atomic mass is 79.9. The van der Waals surface area contributed by atoms with E-state index in [0.29, 0.717) is 0 Å². The standard InChI is InChI=1S/C34H44Br2N4O8/c1-33(2,3)23-13-9-21(10-14-23)29(43)37-39-31(45)27(47-19-7-17-35)25(41)26(42)28(48-20-8-18-36)32(46)40-38-30(44)22-11-15-24(16-12-22)34(4,5)6/h7-18,25-28,41-42H,19-20H2,1-6H3,(H,37,43)(H,38,44)(H,39,45)(H,40,46). The Balaban J connectivity index is 2.17. The fourth-order valence-corrected chi connectivity index (χ4v) is 4.48. The van der Waals surface area contributed by atoms with Gasteiger partial charge in [0.25, 0.3) is 23.6 Å². The van der Waals surface area contributed by atoms with E-state index in [0.717, 1.165) is 11.1 Å². The third-order valence-electron chi connectivity index (χ3n) is 7.03. The number of amides is 4. The van der Waals surface area contributed by atoms with E-state index in [4.69, 9.17) is 9.47 Å². The summed E-state index contributed by atoms with van der Waals surface area (Å²) in [5, 5.41) is 22.2. The van der Waals surface area contributed by atoms with Crippen LogP contribution in [0.3, 0.4) is 0 Å². The van der Waals surface area contributed by atoms with Crippen molar-refractivity contribution in [1.82, 2.24) is 21.7 Å². The number of carbonyl (C=O) groups excluding carboxylic acids is 4. The molecule has 0 aromatic heterocycles. The number of ether oxygens (including phenoxy) is 2. The topological polar surface area (TPSA) is 175 Å². The highest BCUT2D eigenvalue weighted by Crippen LogP contribution is 2.23. The van der Waals surface area contributed by atoms with Crippen LogP contribution in [-0.2, 0) is 29.9 Å². The maximum Gasteiger partial charge on any atom is 0.270 e. The fraction of sp³-hybridized carbons (Fsp3) is 0.412. The molecule has 4 unspecified atom stereocenters. The summed E-state index contributed by atoms with van der Waals surface area (Å²) in [6, 6.07) is 13.6. The molecule has 0 bridgehead atoms. The SMILES string of the molecule is CC(C)(C)c1ccc(C(=O)NNC(=O)C(OCC=CBr)C(O)C(O)C(OCC=CBr)C(=O)NNC(=O)c2ccc(C(C)(C)C)cc2)cc1. The van der Waals surface area contributed by atoms with E-state index >= 15 is 0 Å². The summed E-state index contributed by atoms with van der Waals surface area (Å²) in [4.78, 5) is 54.6. The van der Waals surface area contributed by atoms with E-state index in [9.17, 15) is 29.4 Å². The molecule has 4 amide bonds. The molecule has 0 saturated heterocycles. The minimum absolute atomic E-state index is 0.124. The zero-order chi connectivity index (χ0) is 36.1. The van der Waals surface area contributed by atoms with Crippen LogP contribution in [0.25, 0.3) is 0 Å². The van der Waals surface area contributed by atoms with Crippen LogP contribution in [0, 0.1) is 0 Å². The molecule has 2 aromatic rings. The Morgan fingerprint density at radius 2 is 0.938 bits per heavy atom. The average Bonchev–Trinajstić information content (AvgIpc) is 3.05. The number of carbonyl (C=O) groups is 4. The summed E-state index contributed by atoms with van der Waals surface area (Å²) in [6.45, 7) is 11.8. The first-order valence-electron chi connectivity index (χ1n) is 15.0. The van der Waals surface area contributed by atoms with E-state index in [1.807, 2.05) is 41.5 Å². The summed E-state index contributed by atoms with van der Waals surface area (Å²) in [5.74, 6) is -3.31. The molecule has 0 spiro atoms. The van der Waals surface area contributed by atoms with Crippen LogP contribution < -0.4 is 21.7 Å². The number of hydrogen-bond donors (Lipinski definition) is 6. The number of hydrazine groups is 2. The molecule has 0 saturated carbocycles. The van der Waals surface area contributed by atoms with Crippen LogP contribution >= 0.6 is 31.9 Å². The van der Waals surface area contributed by atoms with Crippen LogP contribution in [0.15, 0.2) is 70.7 Å². The molecule has 2 rings (SSSR count). The van der Waals surface area contributed by atoms with E-state index in [-0.39, 0.29) is 35.2 Å². The van der Waals surface area contributed by atoms with Crippen molar-refractivity contribution in [3.8, 4) is 0 Å². The molecule has 0 aliphatic rings. The van der Waals surface area contributed by atoms with Gasteiger partial charge in [0.1, 0.15) is 12.2 Å². The van der Waals surface area contributed by atoms with Crippen LogP contribution in [0.5, 0.6) is 0 Å². The van der Waals surface area contributed by atoms with Crippen LogP contribution in [0.1, 0.15) is 73.4 Å². The minimum Gasteiger partial charge on any atom is -0.387 e. The predicted molar refractivity (Wildman–Crippen MR) is 189 cm³/mol. The molecule has 6 N–H and O–H groups in total. The van der Waals surface area contributed by atoms with Crippen molar-refractivity contribution in [3.05, 3.63) is 92.9 Å². The largest absolute Gasteiger partial charge is 0.387 e. The van der Waals surface area contributed by atoms with Crippen LogP contribution in [-0.4, -0.2) is 71.5 Å². The number of aliphatic hydroxyl groups is 2. The second kappa shape index (κ2) is 19.0. The van der Waals surface area contributed by atoms with Gasteiger partial charge in [0.05, 0.1) is 13.2 Å². The lowest BCUT2D eigenvalue weighted by molar-refractivity contribution is -0.165. The fourth-order valence-electron chi connectivity index (χ4n) is 4.17. The highest BCUT2D eigenvalue weighted by molar-refractivity contribution is 9.11. The molecule has 0 radical (unpaired) electrons. The smallest absolute Gasteiger partial charge is 0.270 e. The van der Waals surface area contributed by atoms with Gasteiger partial charge < -0.3 is 19.7 Å². The predicted octanol–water partition coefficient (Wildman–Crippen LogP) is 3.81. The van der Waals surface area contributed by atoms with E-state index in [1.165, 1.54) is 22.1 Å². The number of hydrogen-bond acceptors (Lipinski definition) is 8. The molecule has 0 fully saturated rings. The summed E-state index contributed by atoms with van der Waals surface area (Å²) in [6.07, 6.45) is -4.70. The molecular weight excluding hydrogens is 752 g/mol. The van der Waals surface area contributed by atoms with E-state index < -0.39 is 48.0 Å². The molecule has 48 heavy (non-hydrogen) atoms. The number of halogens is 2. The van der Waals surface area contributed by atoms with Gasteiger partial charge in [0.15, 0.2) is 12.2 Å². The molecule has 4 atom stereocenters. The molecular formula is C34H44Br2N4O8. The number of nitrogens with one attached hydrogen (secondary N) is 4. The van der Waals surface area contributed by atoms with Crippen molar-refractivity contribution in [3.63, 3.8) is 0 Å². The van der Waals surface area contributed by atoms with E-state index in [2.05, 4.69) is 53.6 Å². The molecule has 262 valence electrons. The van der Waals surface area contributed by atoms with Crippen molar-refractivity contribution >= 4 is 55.5 Å². The quantitative estimate of drug-likeness (QED) is 0.166. The molecule has 12 nitrogen and oxygen atoms in total. The van der Waals surface area contributed by atoms with Crippen LogP contribution in [0.2, 0.25) is 0 Å². The van der Waals surface area contributed by atoms with Crippen molar-refractivity contribution < 1.29 is 38.9 Å².